The molecule has 0 saturated heterocycles. The van der Waals surface area contributed by atoms with Crippen molar-refractivity contribution in [3.63, 3.8) is 0 Å². The maximum absolute atomic E-state index is 12.8. The first-order chi connectivity index (χ1) is 14.9. The van der Waals surface area contributed by atoms with E-state index in [9.17, 15) is 9.59 Å². The fourth-order valence-corrected chi connectivity index (χ4v) is 3.56. The molecule has 0 aliphatic carbocycles. The second kappa shape index (κ2) is 10.4. The molecule has 0 spiro atoms. The zero-order valence-electron chi connectivity index (χ0n) is 17.9. The number of halogens is 1. The fraction of sp³-hybridized carbons (Fsp3) is 0.333. The number of amides is 2. The molecule has 2 amide bonds. The summed E-state index contributed by atoms with van der Waals surface area (Å²) in [7, 11) is 0. The summed E-state index contributed by atoms with van der Waals surface area (Å²) in [6.07, 6.45) is 1.10. The third-order valence-corrected chi connectivity index (χ3v) is 5.15. The van der Waals surface area contributed by atoms with Gasteiger partial charge in [0.1, 0.15) is 12.4 Å². The largest absolute Gasteiger partial charge is 0.489 e. The topological polar surface area (TPSA) is 76.7 Å². The van der Waals surface area contributed by atoms with Crippen molar-refractivity contribution in [1.29, 1.82) is 0 Å². The van der Waals surface area contributed by atoms with Gasteiger partial charge in [0.15, 0.2) is 0 Å². The third-order valence-electron chi connectivity index (χ3n) is 4.78. The molecule has 0 fully saturated rings. The van der Waals surface area contributed by atoms with E-state index in [1.165, 1.54) is 0 Å². The van der Waals surface area contributed by atoms with Gasteiger partial charge in [0.2, 0.25) is 0 Å². The zero-order chi connectivity index (χ0) is 22.4. The van der Waals surface area contributed by atoms with Gasteiger partial charge in [-0.3, -0.25) is 0 Å². The molecule has 1 heterocycles. The smallest absolute Gasteiger partial charge is 0.338 e. The van der Waals surface area contributed by atoms with E-state index >= 15 is 0 Å². The molecule has 164 valence electrons. The van der Waals surface area contributed by atoms with Crippen molar-refractivity contribution >= 4 is 23.6 Å². The lowest BCUT2D eigenvalue weighted by atomic mass is 9.93. The summed E-state index contributed by atoms with van der Waals surface area (Å²) in [5.74, 6) is 0.225. The molecular formula is C24H27ClN2O4. The Bertz CT molecular complexity index is 970. The van der Waals surface area contributed by atoms with Crippen molar-refractivity contribution in [2.45, 2.75) is 52.4 Å². The minimum Gasteiger partial charge on any atom is -0.489 e. The molecule has 3 rings (SSSR count). The van der Waals surface area contributed by atoms with E-state index in [1.807, 2.05) is 55.5 Å². The van der Waals surface area contributed by atoms with Crippen LogP contribution in [0.3, 0.4) is 0 Å². The number of carbonyl (C=O) groups is 2. The zero-order valence-corrected chi connectivity index (χ0v) is 18.7. The Morgan fingerprint density at radius 2 is 1.84 bits per heavy atom. The Morgan fingerprint density at radius 1 is 1.13 bits per heavy atom. The Hall–Kier alpha value is -2.99. The number of hydrogen-bond acceptors (Lipinski definition) is 4. The van der Waals surface area contributed by atoms with Gasteiger partial charge in [-0.15, -0.1) is 0 Å². The van der Waals surface area contributed by atoms with Crippen molar-refractivity contribution < 1.29 is 19.1 Å². The average molecular weight is 443 g/mol. The molecule has 7 heteroatoms. The van der Waals surface area contributed by atoms with Gasteiger partial charge in [-0.1, -0.05) is 55.3 Å². The molecule has 0 radical (unpaired) electrons. The number of rotatable bonds is 8. The van der Waals surface area contributed by atoms with Crippen molar-refractivity contribution in [2.75, 3.05) is 0 Å². The molecule has 6 nitrogen and oxygen atoms in total. The first kappa shape index (κ1) is 22.7. The van der Waals surface area contributed by atoms with Crippen LogP contribution in [0.1, 0.15) is 50.8 Å². The van der Waals surface area contributed by atoms with Crippen molar-refractivity contribution in [1.82, 2.24) is 10.6 Å². The van der Waals surface area contributed by atoms with E-state index < -0.39 is 12.0 Å². The lowest BCUT2D eigenvalue weighted by Gasteiger charge is -2.30. The normalized spacial score (nSPS) is 16.0. The van der Waals surface area contributed by atoms with Crippen LogP contribution < -0.4 is 15.4 Å². The van der Waals surface area contributed by atoms with E-state index in [0.717, 1.165) is 17.5 Å². The lowest BCUT2D eigenvalue weighted by molar-refractivity contribution is -0.143. The quantitative estimate of drug-likeness (QED) is 0.545. The number of carbonyl (C=O) groups excluding carboxylic acids is 2. The van der Waals surface area contributed by atoms with Gasteiger partial charge >= 0.3 is 12.0 Å². The van der Waals surface area contributed by atoms with Gasteiger partial charge in [0.25, 0.3) is 0 Å². The Morgan fingerprint density at radius 3 is 2.48 bits per heavy atom. The van der Waals surface area contributed by atoms with Crippen LogP contribution in [0, 0.1) is 0 Å². The molecule has 31 heavy (non-hydrogen) atoms. The Kier molecular flexibility index (Phi) is 7.58. The van der Waals surface area contributed by atoms with Crippen molar-refractivity contribution in [3.05, 3.63) is 76.0 Å². The highest BCUT2D eigenvalue weighted by Crippen LogP contribution is 2.31. The number of allylic oxidation sites excluding steroid dienone is 1. The molecule has 1 aliphatic rings. The molecular weight excluding hydrogens is 416 g/mol. The molecule has 0 saturated carbocycles. The second-order valence-corrected chi connectivity index (χ2v) is 7.98. The Balaban J connectivity index is 1.83. The van der Waals surface area contributed by atoms with Gasteiger partial charge in [-0.05, 0) is 44.0 Å². The fourth-order valence-electron chi connectivity index (χ4n) is 3.37. The summed E-state index contributed by atoms with van der Waals surface area (Å²) in [5.41, 5.74) is 2.69. The van der Waals surface area contributed by atoms with Crippen LogP contribution in [0.25, 0.3) is 0 Å². The SMILES string of the molecule is CCCC1=C(C(=O)OC(C)C)C(c2ccc(OCc3ccccc3Cl)cc2)NC(=O)N1. The first-order valence-electron chi connectivity index (χ1n) is 10.4. The van der Waals surface area contributed by atoms with Crippen LogP contribution >= 0.6 is 11.6 Å². The van der Waals surface area contributed by atoms with E-state index in [1.54, 1.807) is 13.8 Å². The molecule has 1 atom stereocenters. The van der Waals surface area contributed by atoms with Gasteiger partial charge in [0.05, 0.1) is 17.7 Å². The van der Waals surface area contributed by atoms with Gasteiger partial charge < -0.3 is 20.1 Å². The Labute approximate surface area is 187 Å². The summed E-state index contributed by atoms with van der Waals surface area (Å²) in [5, 5.41) is 6.26. The van der Waals surface area contributed by atoms with Gasteiger partial charge in [-0.2, -0.15) is 0 Å². The highest BCUT2D eigenvalue weighted by Gasteiger charge is 2.33. The minimum atomic E-state index is -0.598. The van der Waals surface area contributed by atoms with Crippen LogP contribution in [-0.2, 0) is 16.1 Å². The summed E-state index contributed by atoms with van der Waals surface area (Å²) >= 11 is 6.18. The molecule has 0 bridgehead atoms. The summed E-state index contributed by atoms with van der Waals surface area (Å²) < 4.78 is 11.3. The molecule has 1 aliphatic heterocycles. The van der Waals surface area contributed by atoms with Crippen molar-refractivity contribution in [2.24, 2.45) is 0 Å². The molecule has 1 unspecified atom stereocenters. The summed E-state index contributed by atoms with van der Waals surface area (Å²) in [4.78, 5) is 25.1. The van der Waals surface area contributed by atoms with Crippen LogP contribution in [0.5, 0.6) is 5.75 Å². The van der Waals surface area contributed by atoms with E-state index in [0.29, 0.717) is 35.1 Å². The maximum Gasteiger partial charge on any atom is 0.338 e. The lowest BCUT2D eigenvalue weighted by Crippen LogP contribution is -2.46. The molecule has 0 aromatic heterocycles. The minimum absolute atomic E-state index is 0.262. The van der Waals surface area contributed by atoms with Crippen LogP contribution in [0.4, 0.5) is 4.79 Å². The van der Waals surface area contributed by atoms with Gasteiger partial charge in [-0.25, -0.2) is 9.59 Å². The van der Waals surface area contributed by atoms with E-state index in [-0.39, 0.29) is 12.1 Å². The number of esters is 1. The van der Waals surface area contributed by atoms with Gasteiger partial charge in [0, 0.05) is 16.3 Å². The first-order valence-corrected chi connectivity index (χ1v) is 10.7. The molecule has 2 N–H and O–H groups in total. The monoisotopic (exact) mass is 442 g/mol. The predicted molar refractivity (Wildman–Crippen MR) is 120 cm³/mol. The number of urea groups is 1. The average Bonchev–Trinajstić information content (AvgIpc) is 2.73. The highest BCUT2D eigenvalue weighted by molar-refractivity contribution is 6.31. The predicted octanol–water partition coefficient (Wildman–Crippen LogP) is 5.28. The van der Waals surface area contributed by atoms with Crippen LogP contribution in [0.2, 0.25) is 5.02 Å². The highest BCUT2D eigenvalue weighted by atomic mass is 35.5. The number of benzene rings is 2. The number of ether oxygens (including phenoxy) is 2. The summed E-state index contributed by atoms with van der Waals surface area (Å²) in [6, 6.07) is 13.9. The number of nitrogens with one attached hydrogen (secondary N) is 2. The summed E-state index contributed by atoms with van der Waals surface area (Å²) in [6.45, 7) is 5.93. The van der Waals surface area contributed by atoms with E-state index in [2.05, 4.69) is 10.6 Å². The van der Waals surface area contributed by atoms with Crippen LogP contribution in [-0.4, -0.2) is 18.1 Å². The number of hydrogen-bond donors (Lipinski definition) is 2. The standard InChI is InChI=1S/C24H27ClN2O4/c1-4-7-20-21(23(28)31-15(2)3)22(27-24(29)26-20)16-10-12-18(13-11-16)30-14-17-8-5-6-9-19(17)25/h5-6,8-13,15,22H,4,7,14H2,1-3H3,(H2,26,27,29). The third kappa shape index (κ3) is 5.79. The maximum atomic E-state index is 12.8. The van der Waals surface area contributed by atoms with Crippen molar-refractivity contribution in [3.8, 4) is 5.75 Å². The van der Waals surface area contributed by atoms with Crippen LogP contribution in [0.15, 0.2) is 59.8 Å². The second-order valence-electron chi connectivity index (χ2n) is 7.58. The molecule has 2 aromatic carbocycles. The van der Waals surface area contributed by atoms with E-state index in [4.69, 9.17) is 21.1 Å². The molecule has 2 aromatic rings.